The zero-order chi connectivity index (χ0) is 10.4. The molecule has 0 aromatic carbocycles. The van der Waals surface area contributed by atoms with Crippen molar-refractivity contribution in [2.75, 3.05) is 18.5 Å². The summed E-state index contributed by atoms with van der Waals surface area (Å²) in [4.78, 5) is 7.19. The van der Waals surface area contributed by atoms with Crippen LogP contribution in [0.5, 0.6) is 0 Å². The van der Waals surface area contributed by atoms with E-state index in [2.05, 4.69) is 15.3 Å². The zero-order valence-corrected chi connectivity index (χ0v) is 8.33. The molecule has 5 heteroatoms. The quantitative estimate of drug-likeness (QED) is 0.576. The van der Waals surface area contributed by atoms with E-state index in [4.69, 9.17) is 4.74 Å². The Kier molecular flexibility index (Phi) is 4.25. The number of aromatic nitrogens is 2. The first-order valence-corrected chi connectivity index (χ1v) is 4.51. The van der Waals surface area contributed by atoms with Crippen LogP contribution in [0, 0.1) is 5.95 Å². The number of hydrogen-bond donors (Lipinski definition) is 1. The minimum atomic E-state index is -0.535. The van der Waals surface area contributed by atoms with Gasteiger partial charge in [0.15, 0.2) is 0 Å². The third kappa shape index (κ3) is 4.13. The van der Waals surface area contributed by atoms with E-state index >= 15 is 0 Å². The second-order valence-electron chi connectivity index (χ2n) is 3.07. The van der Waals surface area contributed by atoms with Crippen LogP contribution in [0.3, 0.4) is 0 Å². The summed E-state index contributed by atoms with van der Waals surface area (Å²) in [6, 6.07) is 1.25. The molecule has 0 unspecified atom stereocenters. The Hall–Kier alpha value is -1.23. The second-order valence-corrected chi connectivity index (χ2v) is 3.07. The third-order valence-corrected chi connectivity index (χ3v) is 1.49. The van der Waals surface area contributed by atoms with Gasteiger partial charge in [0, 0.05) is 12.6 Å². The van der Waals surface area contributed by atoms with E-state index in [-0.39, 0.29) is 6.10 Å². The summed E-state index contributed by atoms with van der Waals surface area (Å²) < 4.78 is 17.9. The summed E-state index contributed by atoms with van der Waals surface area (Å²) in [6.07, 6.45) is 1.39. The van der Waals surface area contributed by atoms with Gasteiger partial charge in [0.1, 0.15) is 12.1 Å². The lowest BCUT2D eigenvalue weighted by molar-refractivity contribution is 0.0870. The summed E-state index contributed by atoms with van der Waals surface area (Å²) >= 11 is 0. The SMILES string of the molecule is CC(C)OCCNc1cc(F)ncn1. The first-order chi connectivity index (χ1) is 6.68. The van der Waals surface area contributed by atoms with Crippen molar-refractivity contribution in [2.24, 2.45) is 0 Å². The summed E-state index contributed by atoms with van der Waals surface area (Å²) in [5, 5.41) is 2.92. The van der Waals surface area contributed by atoms with E-state index in [0.29, 0.717) is 19.0 Å². The first kappa shape index (κ1) is 10.8. The van der Waals surface area contributed by atoms with Crippen LogP contribution in [0.1, 0.15) is 13.8 Å². The van der Waals surface area contributed by atoms with Crippen LogP contribution in [-0.4, -0.2) is 29.2 Å². The minimum absolute atomic E-state index is 0.207. The van der Waals surface area contributed by atoms with Crippen molar-refractivity contribution in [1.82, 2.24) is 9.97 Å². The number of hydrogen-bond acceptors (Lipinski definition) is 4. The van der Waals surface area contributed by atoms with Gasteiger partial charge in [-0.1, -0.05) is 0 Å². The standard InChI is InChI=1S/C9H14FN3O/c1-7(2)14-4-3-11-9-5-8(10)12-6-13-9/h5-7H,3-4H2,1-2H3,(H,11,12,13). The van der Waals surface area contributed by atoms with Crippen molar-refractivity contribution < 1.29 is 9.13 Å². The van der Waals surface area contributed by atoms with Gasteiger partial charge in [-0.15, -0.1) is 0 Å². The summed E-state index contributed by atoms with van der Waals surface area (Å²) in [6.45, 7) is 5.10. The highest BCUT2D eigenvalue weighted by molar-refractivity contribution is 5.31. The minimum Gasteiger partial charge on any atom is -0.377 e. The Balaban J connectivity index is 2.25. The highest BCUT2D eigenvalue weighted by Gasteiger charge is 1.97. The average molecular weight is 199 g/mol. The number of ether oxygens (including phenoxy) is 1. The van der Waals surface area contributed by atoms with E-state index in [1.165, 1.54) is 12.4 Å². The van der Waals surface area contributed by atoms with Crippen LogP contribution in [0.15, 0.2) is 12.4 Å². The molecule has 1 heterocycles. The van der Waals surface area contributed by atoms with E-state index in [1.807, 2.05) is 13.8 Å². The van der Waals surface area contributed by atoms with E-state index < -0.39 is 5.95 Å². The molecular formula is C9H14FN3O. The summed E-state index contributed by atoms with van der Waals surface area (Å²) in [5.74, 6) is -0.0582. The maximum absolute atomic E-state index is 12.6. The smallest absolute Gasteiger partial charge is 0.217 e. The van der Waals surface area contributed by atoms with Crippen molar-refractivity contribution in [2.45, 2.75) is 20.0 Å². The van der Waals surface area contributed by atoms with Gasteiger partial charge >= 0.3 is 0 Å². The molecular weight excluding hydrogens is 185 g/mol. The van der Waals surface area contributed by atoms with Crippen molar-refractivity contribution in [1.29, 1.82) is 0 Å². The molecule has 0 spiro atoms. The van der Waals surface area contributed by atoms with Gasteiger partial charge in [-0.2, -0.15) is 4.39 Å². The molecule has 0 fully saturated rings. The molecule has 0 radical (unpaired) electrons. The molecule has 0 aliphatic carbocycles. The van der Waals surface area contributed by atoms with Crippen molar-refractivity contribution in [3.63, 3.8) is 0 Å². The summed E-state index contributed by atoms with van der Waals surface area (Å²) in [7, 11) is 0. The molecule has 1 N–H and O–H groups in total. The van der Waals surface area contributed by atoms with Gasteiger partial charge in [-0.3, -0.25) is 0 Å². The molecule has 1 rings (SSSR count). The van der Waals surface area contributed by atoms with Gasteiger partial charge in [0.25, 0.3) is 0 Å². The van der Waals surface area contributed by atoms with E-state index in [0.717, 1.165) is 0 Å². The van der Waals surface area contributed by atoms with E-state index in [9.17, 15) is 4.39 Å². The largest absolute Gasteiger partial charge is 0.377 e. The van der Waals surface area contributed by atoms with Crippen LogP contribution in [0.4, 0.5) is 10.2 Å². The monoisotopic (exact) mass is 199 g/mol. The van der Waals surface area contributed by atoms with Crippen LogP contribution < -0.4 is 5.32 Å². The predicted octanol–water partition coefficient (Wildman–Crippen LogP) is 1.45. The Morgan fingerprint density at radius 3 is 2.93 bits per heavy atom. The van der Waals surface area contributed by atoms with Crippen LogP contribution >= 0.6 is 0 Å². The normalized spacial score (nSPS) is 10.6. The molecule has 0 atom stereocenters. The lowest BCUT2D eigenvalue weighted by Crippen LogP contribution is -2.13. The molecule has 0 aliphatic heterocycles. The molecule has 0 aliphatic rings. The van der Waals surface area contributed by atoms with Crippen LogP contribution in [0.2, 0.25) is 0 Å². The number of anilines is 1. The Bertz CT molecular complexity index is 281. The van der Waals surface area contributed by atoms with Gasteiger partial charge in [-0.25, -0.2) is 9.97 Å². The molecule has 14 heavy (non-hydrogen) atoms. The van der Waals surface area contributed by atoms with E-state index in [1.54, 1.807) is 0 Å². The second kappa shape index (κ2) is 5.49. The van der Waals surface area contributed by atoms with Crippen LogP contribution in [0.25, 0.3) is 0 Å². The number of nitrogens with zero attached hydrogens (tertiary/aromatic N) is 2. The zero-order valence-electron chi connectivity index (χ0n) is 8.33. The number of rotatable bonds is 5. The fraction of sp³-hybridized carbons (Fsp3) is 0.556. The average Bonchev–Trinajstić information content (AvgIpc) is 2.12. The highest BCUT2D eigenvalue weighted by atomic mass is 19.1. The molecule has 4 nitrogen and oxygen atoms in total. The maximum Gasteiger partial charge on any atom is 0.217 e. The van der Waals surface area contributed by atoms with Crippen LogP contribution in [-0.2, 0) is 4.74 Å². The predicted molar refractivity (Wildman–Crippen MR) is 51.6 cm³/mol. The van der Waals surface area contributed by atoms with Gasteiger partial charge in [0.2, 0.25) is 5.95 Å². The van der Waals surface area contributed by atoms with Gasteiger partial charge in [-0.05, 0) is 13.8 Å². The third-order valence-electron chi connectivity index (χ3n) is 1.49. The molecule has 78 valence electrons. The molecule has 0 saturated heterocycles. The first-order valence-electron chi connectivity index (χ1n) is 4.51. The Morgan fingerprint density at radius 1 is 1.50 bits per heavy atom. The highest BCUT2D eigenvalue weighted by Crippen LogP contribution is 2.01. The maximum atomic E-state index is 12.6. The molecule has 0 saturated carbocycles. The lowest BCUT2D eigenvalue weighted by atomic mass is 10.5. The van der Waals surface area contributed by atoms with Gasteiger partial charge < -0.3 is 10.1 Å². The Morgan fingerprint density at radius 2 is 2.29 bits per heavy atom. The van der Waals surface area contributed by atoms with Crippen molar-refractivity contribution >= 4 is 5.82 Å². The fourth-order valence-electron chi connectivity index (χ4n) is 0.904. The molecule has 0 amide bonds. The van der Waals surface area contributed by atoms with Crippen molar-refractivity contribution in [3.05, 3.63) is 18.3 Å². The molecule has 0 bridgehead atoms. The summed E-state index contributed by atoms with van der Waals surface area (Å²) in [5.41, 5.74) is 0. The lowest BCUT2D eigenvalue weighted by Gasteiger charge is -2.08. The molecule has 1 aromatic rings. The number of nitrogens with one attached hydrogen (secondary N) is 1. The van der Waals surface area contributed by atoms with Gasteiger partial charge in [0.05, 0.1) is 12.7 Å². The number of halogens is 1. The Labute approximate surface area is 82.5 Å². The topological polar surface area (TPSA) is 47.0 Å². The van der Waals surface area contributed by atoms with Crippen molar-refractivity contribution in [3.8, 4) is 0 Å². The fourth-order valence-corrected chi connectivity index (χ4v) is 0.904. The molecule has 1 aromatic heterocycles.